The summed E-state index contributed by atoms with van der Waals surface area (Å²) in [6.07, 6.45) is 8.85. The van der Waals surface area contributed by atoms with Crippen molar-refractivity contribution in [2.24, 2.45) is 0 Å². The fraction of sp³-hybridized carbons (Fsp3) is 0.0870. The summed E-state index contributed by atoms with van der Waals surface area (Å²) < 4.78 is 5.30. The summed E-state index contributed by atoms with van der Waals surface area (Å²) in [6, 6.07) is 8.10. The van der Waals surface area contributed by atoms with E-state index in [1.54, 1.807) is 43.2 Å². The van der Waals surface area contributed by atoms with Crippen LogP contribution in [0.25, 0.3) is 55.2 Å². The molecule has 32 heavy (non-hydrogen) atoms. The molecule has 0 atom stereocenters. The number of aryl methyl sites for hydroxylation is 1. The third-order valence-corrected chi connectivity index (χ3v) is 6.35. The maximum atomic E-state index is 5.30. The van der Waals surface area contributed by atoms with Gasteiger partial charge < -0.3 is 9.72 Å². The molecule has 2 N–H and O–H groups in total. The van der Waals surface area contributed by atoms with Crippen molar-refractivity contribution in [1.29, 1.82) is 0 Å². The van der Waals surface area contributed by atoms with E-state index in [1.165, 1.54) is 4.88 Å². The van der Waals surface area contributed by atoms with E-state index in [-0.39, 0.29) is 0 Å². The van der Waals surface area contributed by atoms with E-state index in [0.717, 1.165) is 49.3 Å². The summed E-state index contributed by atoms with van der Waals surface area (Å²) in [7, 11) is 1.62. The number of aromatic nitrogens is 7. The summed E-state index contributed by atoms with van der Waals surface area (Å²) in [5, 5.41) is 8.49. The van der Waals surface area contributed by atoms with Crippen molar-refractivity contribution < 1.29 is 4.74 Å². The molecule has 0 radical (unpaired) electrons. The fourth-order valence-corrected chi connectivity index (χ4v) is 4.61. The smallest absolute Gasteiger partial charge is 0.159 e. The number of hydrogen-bond donors (Lipinski definition) is 2. The van der Waals surface area contributed by atoms with E-state index in [0.29, 0.717) is 11.6 Å². The second-order valence-electron chi connectivity index (χ2n) is 7.38. The standard InChI is InChI=1S/C23H17N7OS/c1-12-3-4-20(32-12)16-9-25-10-19-21(16)28-23(27-19)22-15-6-17(26-11-18(15)29-30-22)13-5-14(31-2)8-24-7-13/h3-11H,1-2H3,(H,27,28)(H,29,30). The number of fused-ring (bicyclic) bond motifs is 2. The maximum Gasteiger partial charge on any atom is 0.159 e. The minimum Gasteiger partial charge on any atom is -0.495 e. The number of aromatic amines is 2. The van der Waals surface area contributed by atoms with Crippen molar-refractivity contribution in [3.05, 3.63) is 60.1 Å². The summed E-state index contributed by atoms with van der Waals surface area (Å²) in [5.41, 5.74) is 5.94. The van der Waals surface area contributed by atoms with Gasteiger partial charge in [0.05, 0.1) is 42.4 Å². The molecule has 6 aromatic heterocycles. The van der Waals surface area contributed by atoms with E-state index in [1.807, 2.05) is 18.3 Å². The molecule has 6 aromatic rings. The first kappa shape index (κ1) is 18.6. The molecule has 156 valence electrons. The second-order valence-corrected chi connectivity index (χ2v) is 8.67. The quantitative estimate of drug-likeness (QED) is 0.400. The zero-order valence-electron chi connectivity index (χ0n) is 17.2. The Kier molecular flexibility index (Phi) is 4.22. The molecule has 0 amide bonds. The molecule has 0 unspecified atom stereocenters. The summed E-state index contributed by atoms with van der Waals surface area (Å²) in [5.74, 6) is 1.35. The SMILES string of the molecule is COc1cncc(-c2cc3c(-c4nc5c(-c6ccc(C)s6)cncc5[nH]4)n[nH]c3cn2)c1. The predicted octanol–water partition coefficient (Wildman–Crippen LogP) is 5.00. The summed E-state index contributed by atoms with van der Waals surface area (Å²) in [4.78, 5) is 23.9. The Bertz CT molecular complexity index is 1600. The number of hydrogen-bond acceptors (Lipinski definition) is 7. The number of nitrogens with zero attached hydrogens (tertiary/aromatic N) is 5. The molecular weight excluding hydrogens is 422 g/mol. The Morgan fingerprint density at radius 2 is 1.88 bits per heavy atom. The lowest BCUT2D eigenvalue weighted by molar-refractivity contribution is 0.413. The third-order valence-electron chi connectivity index (χ3n) is 5.32. The number of nitrogens with one attached hydrogen (secondary N) is 2. The van der Waals surface area contributed by atoms with Crippen LogP contribution in [-0.4, -0.2) is 42.2 Å². The Balaban J connectivity index is 1.49. The maximum absolute atomic E-state index is 5.30. The Morgan fingerprint density at radius 3 is 2.72 bits per heavy atom. The number of pyridine rings is 3. The number of rotatable bonds is 4. The van der Waals surface area contributed by atoms with Gasteiger partial charge in [0, 0.05) is 38.7 Å². The minimum atomic E-state index is 0.676. The lowest BCUT2D eigenvalue weighted by Crippen LogP contribution is -1.88. The van der Waals surface area contributed by atoms with Gasteiger partial charge in [0.15, 0.2) is 5.82 Å². The topological polar surface area (TPSA) is 105 Å². The molecule has 0 aliphatic carbocycles. The average Bonchev–Trinajstić information content (AvgIpc) is 3.55. The zero-order valence-corrected chi connectivity index (χ0v) is 18.1. The normalized spacial score (nSPS) is 11.4. The number of H-pyrrole nitrogens is 2. The first-order chi connectivity index (χ1) is 15.7. The Labute approximate surface area is 186 Å². The van der Waals surface area contributed by atoms with Gasteiger partial charge in [0.2, 0.25) is 0 Å². The molecule has 0 bridgehead atoms. The van der Waals surface area contributed by atoms with Crippen LogP contribution in [0.4, 0.5) is 0 Å². The monoisotopic (exact) mass is 439 g/mol. The van der Waals surface area contributed by atoms with Gasteiger partial charge in [-0.05, 0) is 31.2 Å². The lowest BCUT2D eigenvalue weighted by atomic mass is 10.1. The first-order valence-corrected chi connectivity index (χ1v) is 10.8. The number of imidazole rings is 1. The molecule has 6 rings (SSSR count). The molecule has 8 nitrogen and oxygen atoms in total. The average molecular weight is 440 g/mol. The van der Waals surface area contributed by atoms with Crippen molar-refractivity contribution in [2.45, 2.75) is 6.92 Å². The number of thiophene rings is 1. The number of ether oxygens (including phenoxy) is 1. The van der Waals surface area contributed by atoms with Crippen molar-refractivity contribution in [3.8, 4) is 39.0 Å². The lowest BCUT2D eigenvalue weighted by Gasteiger charge is -2.03. The van der Waals surface area contributed by atoms with Gasteiger partial charge in [-0.15, -0.1) is 11.3 Å². The van der Waals surface area contributed by atoms with Gasteiger partial charge in [-0.1, -0.05) is 0 Å². The van der Waals surface area contributed by atoms with E-state index >= 15 is 0 Å². The Morgan fingerprint density at radius 1 is 0.969 bits per heavy atom. The summed E-state index contributed by atoms with van der Waals surface area (Å²) in [6.45, 7) is 2.09. The molecular formula is C23H17N7OS. The highest BCUT2D eigenvalue weighted by Gasteiger charge is 2.17. The van der Waals surface area contributed by atoms with Gasteiger partial charge in [-0.25, -0.2) is 4.98 Å². The van der Waals surface area contributed by atoms with Gasteiger partial charge in [-0.3, -0.25) is 20.1 Å². The first-order valence-electron chi connectivity index (χ1n) is 9.94. The van der Waals surface area contributed by atoms with Crippen LogP contribution in [0.2, 0.25) is 0 Å². The van der Waals surface area contributed by atoms with Gasteiger partial charge in [-0.2, -0.15) is 5.10 Å². The molecule has 9 heteroatoms. The van der Waals surface area contributed by atoms with Crippen LogP contribution in [0, 0.1) is 6.92 Å². The van der Waals surface area contributed by atoms with Crippen LogP contribution in [0.1, 0.15) is 4.88 Å². The molecule has 0 aliphatic rings. The van der Waals surface area contributed by atoms with E-state index in [2.05, 4.69) is 49.2 Å². The zero-order chi connectivity index (χ0) is 21.7. The molecule has 0 fully saturated rings. The van der Waals surface area contributed by atoms with E-state index in [9.17, 15) is 0 Å². The molecule has 0 saturated carbocycles. The van der Waals surface area contributed by atoms with Crippen molar-refractivity contribution in [1.82, 2.24) is 35.1 Å². The molecule has 0 spiro atoms. The predicted molar refractivity (Wildman–Crippen MR) is 125 cm³/mol. The summed E-state index contributed by atoms with van der Waals surface area (Å²) >= 11 is 1.73. The highest BCUT2D eigenvalue weighted by atomic mass is 32.1. The van der Waals surface area contributed by atoms with Crippen molar-refractivity contribution in [3.63, 3.8) is 0 Å². The van der Waals surface area contributed by atoms with Crippen LogP contribution in [0.3, 0.4) is 0 Å². The molecule has 6 heterocycles. The van der Waals surface area contributed by atoms with Gasteiger partial charge in [0.1, 0.15) is 17.0 Å². The Hall–Kier alpha value is -4.11. The van der Waals surface area contributed by atoms with Crippen LogP contribution < -0.4 is 4.74 Å². The van der Waals surface area contributed by atoms with E-state index < -0.39 is 0 Å². The van der Waals surface area contributed by atoms with Gasteiger partial charge >= 0.3 is 0 Å². The third kappa shape index (κ3) is 3.02. The molecule has 0 aromatic carbocycles. The van der Waals surface area contributed by atoms with Crippen molar-refractivity contribution in [2.75, 3.05) is 7.11 Å². The van der Waals surface area contributed by atoms with Gasteiger partial charge in [0.25, 0.3) is 0 Å². The number of methoxy groups -OCH3 is 1. The fourth-order valence-electron chi connectivity index (χ4n) is 3.73. The van der Waals surface area contributed by atoms with Crippen molar-refractivity contribution >= 4 is 33.3 Å². The largest absolute Gasteiger partial charge is 0.495 e. The second kappa shape index (κ2) is 7.24. The highest BCUT2D eigenvalue weighted by molar-refractivity contribution is 7.15. The van der Waals surface area contributed by atoms with Crippen LogP contribution in [0.5, 0.6) is 5.75 Å². The van der Waals surface area contributed by atoms with E-state index in [4.69, 9.17) is 9.72 Å². The minimum absolute atomic E-state index is 0.676. The van der Waals surface area contributed by atoms with Crippen LogP contribution in [0.15, 0.2) is 55.2 Å². The highest BCUT2D eigenvalue weighted by Crippen LogP contribution is 2.34. The molecule has 0 aliphatic heterocycles. The van der Waals surface area contributed by atoms with Crippen LogP contribution in [-0.2, 0) is 0 Å². The van der Waals surface area contributed by atoms with Crippen LogP contribution >= 0.6 is 11.3 Å². The molecule has 0 saturated heterocycles.